The van der Waals surface area contributed by atoms with Crippen LogP contribution in [-0.4, -0.2) is 16.5 Å². The predicted molar refractivity (Wildman–Crippen MR) is 56.1 cm³/mol. The number of nitrogens with one attached hydrogen (secondary N) is 1. The van der Waals surface area contributed by atoms with E-state index in [1.165, 1.54) is 12.8 Å². The van der Waals surface area contributed by atoms with Crippen molar-refractivity contribution in [2.45, 2.75) is 25.7 Å². The van der Waals surface area contributed by atoms with E-state index in [0.717, 1.165) is 17.3 Å². The molecule has 3 heteroatoms. The third-order valence-corrected chi connectivity index (χ3v) is 2.19. The van der Waals surface area contributed by atoms with Crippen LogP contribution >= 0.6 is 0 Å². The molecule has 3 nitrogen and oxygen atoms in total. The molecule has 1 N–H and O–H groups in total. The standard InChI is InChI=1S/C11H13N3/c1-3-6-12-10-7-8(2)13-11(14-10)9-4-5-9/h1,7,9H,4-6H2,2H3,(H,12,13,14). The van der Waals surface area contributed by atoms with Crippen molar-refractivity contribution in [2.75, 3.05) is 11.9 Å². The number of hydrogen-bond acceptors (Lipinski definition) is 3. The molecule has 0 aromatic carbocycles. The van der Waals surface area contributed by atoms with E-state index in [-0.39, 0.29) is 0 Å². The fraction of sp³-hybridized carbons (Fsp3) is 0.455. The van der Waals surface area contributed by atoms with Gasteiger partial charge in [0.05, 0.1) is 6.54 Å². The maximum atomic E-state index is 5.17. The summed E-state index contributed by atoms with van der Waals surface area (Å²) in [6.45, 7) is 2.50. The molecule has 0 aliphatic heterocycles. The molecule has 0 spiro atoms. The molecule has 1 fully saturated rings. The summed E-state index contributed by atoms with van der Waals surface area (Å²) in [7, 11) is 0. The average molecular weight is 187 g/mol. The van der Waals surface area contributed by atoms with E-state index in [4.69, 9.17) is 6.42 Å². The second-order valence-electron chi connectivity index (χ2n) is 3.58. The van der Waals surface area contributed by atoms with Crippen LogP contribution in [-0.2, 0) is 0 Å². The molecule has 1 aliphatic rings. The monoisotopic (exact) mass is 187 g/mol. The average Bonchev–Trinajstić information content (AvgIpc) is 2.97. The van der Waals surface area contributed by atoms with Crippen molar-refractivity contribution in [2.24, 2.45) is 0 Å². The summed E-state index contributed by atoms with van der Waals surface area (Å²) in [6.07, 6.45) is 7.61. The molecule has 1 heterocycles. The van der Waals surface area contributed by atoms with Crippen molar-refractivity contribution in [1.29, 1.82) is 0 Å². The van der Waals surface area contributed by atoms with Gasteiger partial charge in [-0.3, -0.25) is 0 Å². The molecule has 0 amide bonds. The van der Waals surface area contributed by atoms with Crippen LogP contribution in [0.3, 0.4) is 0 Å². The van der Waals surface area contributed by atoms with Crippen LogP contribution in [0.25, 0.3) is 0 Å². The lowest BCUT2D eigenvalue weighted by Crippen LogP contribution is -2.04. The SMILES string of the molecule is C#CCNc1cc(C)nc(C2CC2)n1. The Kier molecular flexibility index (Phi) is 2.36. The topological polar surface area (TPSA) is 37.8 Å². The van der Waals surface area contributed by atoms with E-state index in [9.17, 15) is 0 Å². The first-order chi connectivity index (χ1) is 6.79. The molecule has 72 valence electrons. The molecule has 0 saturated heterocycles. The van der Waals surface area contributed by atoms with Crippen LogP contribution in [0.2, 0.25) is 0 Å². The van der Waals surface area contributed by atoms with Gasteiger partial charge >= 0.3 is 0 Å². The van der Waals surface area contributed by atoms with Gasteiger partial charge in [0.2, 0.25) is 0 Å². The van der Waals surface area contributed by atoms with Crippen molar-refractivity contribution in [3.05, 3.63) is 17.6 Å². The highest BCUT2D eigenvalue weighted by molar-refractivity contribution is 5.37. The number of aromatic nitrogens is 2. The summed E-state index contributed by atoms with van der Waals surface area (Å²) in [5.41, 5.74) is 1.00. The lowest BCUT2D eigenvalue weighted by molar-refractivity contribution is 0.906. The molecule has 0 radical (unpaired) electrons. The first-order valence-electron chi connectivity index (χ1n) is 4.82. The first kappa shape index (κ1) is 9.01. The fourth-order valence-corrected chi connectivity index (χ4v) is 1.35. The Morgan fingerprint density at radius 2 is 2.36 bits per heavy atom. The molecule has 1 aromatic heterocycles. The van der Waals surface area contributed by atoms with Crippen LogP contribution in [0.5, 0.6) is 0 Å². The molecule has 0 unspecified atom stereocenters. The van der Waals surface area contributed by atoms with Crippen LogP contribution in [0.1, 0.15) is 30.3 Å². The predicted octanol–water partition coefficient (Wildman–Crippen LogP) is 1.71. The molecule has 1 aromatic rings. The molecular weight excluding hydrogens is 174 g/mol. The molecule has 1 saturated carbocycles. The largest absolute Gasteiger partial charge is 0.359 e. The Bertz CT molecular complexity index is 375. The maximum absolute atomic E-state index is 5.17. The van der Waals surface area contributed by atoms with E-state index in [1.54, 1.807) is 0 Å². The highest BCUT2D eigenvalue weighted by Gasteiger charge is 2.26. The second-order valence-corrected chi connectivity index (χ2v) is 3.58. The van der Waals surface area contributed by atoms with Crippen molar-refractivity contribution < 1.29 is 0 Å². The zero-order valence-electron chi connectivity index (χ0n) is 8.25. The number of rotatable bonds is 3. The van der Waals surface area contributed by atoms with E-state index >= 15 is 0 Å². The maximum Gasteiger partial charge on any atom is 0.134 e. The Hall–Kier alpha value is -1.56. The Morgan fingerprint density at radius 1 is 1.57 bits per heavy atom. The van der Waals surface area contributed by atoms with Crippen LogP contribution in [0, 0.1) is 19.3 Å². The highest BCUT2D eigenvalue weighted by Crippen LogP contribution is 2.38. The Labute approximate surface area is 84.0 Å². The lowest BCUT2D eigenvalue weighted by atomic mass is 10.3. The van der Waals surface area contributed by atoms with E-state index in [1.807, 2.05) is 13.0 Å². The molecule has 0 atom stereocenters. The zero-order valence-corrected chi connectivity index (χ0v) is 8.25. The van der Waals surface area contributed by atoms with E-state index < -0.39 is 0 Å². The molecule has 2 rings (SSSR count). The van der Waals surface area contributed by atoms with Crippen molar-refractivity contribution in [3.63, 3.8) is 0 Å². The normalized spacial score (nSPS) is 14.9. The Morgan fingerprint density at radius 3 is 3.00 bits per heavy atom. The summed E-state index contributed by atoms with van der Waals surface area (Å²) in [4.78, 5) is 8.82. The fourth-order valence-electron chi connectivity index (χ4n) is 1.35. The first-order valence-corrected chi connectivity index (χ1v) is 4.82. The summed E-state index contributed by atoms with van der Waals surface area (Å²) in [5.74, 6) is 4.92. The molecule has 0 bridgehead atoms. The highest BCUT2D eigenvalue weighted by atomic mass is 15.0. The molecule has 14 heavy (non-hydrogen) atoms. The van der Waals surface area contributed by atoms with Gasteiger partial charge in [-0.2, -0.15) is 0 Å². The number of anilines is 1. The van der Waals surface area contributed by atoms with Crippen LogP contribution < -0.4 is 5.32 Å². The van der Waals surface area contributed by atoms with Gasteiger partial charge in [-0.15, -0.1) is 6.42 Å². The quantitative estimate of drug-likeness (QED) is 0.732. The van der Waals surface area contributed by atoms with Gasteiger partial charge in [0.15, 0.2) is 0 Å². The minimum absolute atomic E-state index is 0.514. The van der Waals surface area contributed by atoms with E-state index in [0.29, 0.717) is 12.5 Å². The summed E-state index contributed by atoms with van der Waals surface area (Å²) >= 11 is 0. The van der Waals surface area contributed by atoms with Gasteiger partial charge in [0.1, 0.15) is 11.6 Å². The number of hydrogen-bond donors (Lipinski definition) is 1. The number of terminal acetylenes is 1. The van der Waals surface area contributed by atoms with E-state index in [2.05, 4.69) is 21.2 Å². The summed E-state index contributed by atoms with van der Waals surface area (Å²) in [5, 5.41) is 3.07. The smallest absolute Gasteiger partial charge is 0.134 e. The van der Waals surface area contributed by atoms with Crippen LogP contribution in [0.15, 0.2) is 6.07 Å². The van der Waals surface area contributed by atoms with Gasteiger partial charge in [-0.1, -0.05) is 5.92 Å². The summed E-state index contributed by atoms with van der Waals surface area (Å²) in [6, 6.07) is 1.92. The van der Waals surface area contributed by atoms with Crippen molar-refractivity contribution in [3.8, 4) is 12.3 Å². The third-order valence-electron chi connectivity index (χ3n) is 2.19. The Balaban J connectivity index is 2.18. The minimum atomic E-state index is 0.514. The number of aryl methyl sites for hydroxylation is 1. The minimum Gasteiger partial charge on any atom is -0.359 e. The van der Waals surface area contributed by atoms with Gasteiger partial charge in [-0.05, 0) is 19.8 Å². The summed E-state index contributed by atoms with van der Waals surface area (Å²) < 4.78 is 0. The molecular formula is C11H13N3. The van der Waals surface area contributed by atoms with Crippen molar-refractivity contribution in [1.82, 2.24) is 9.97 Å². The zero-order chi connectivity index (χ0) is 9.97. The molecule has 1 aliphatic carbocycles. The van der Waals surface area contributed by atoms with Gasteiger partial charge < -0.3 is 5.32 Å². The van der Waals surface area contributed by atoms with Crippen molar-refractivity contribution >= 4 is 5.82 Å². The second kappa shape index (κ2) is 3.67. The number of nitrogens with zero attached hydrogens (tertiary/aromatic N) is 2. The van der Waals surface area contributed by atoms with Gasteiger partial charge in [-0.25, -0.2) is 9.97 Å². The third kappa shape index (κ3) is 2.02. The lowest BCUT2D eigenvalue weighted by Gasteiger charge is -2.05. The van der Waals surface area contributed by atoms with Gasteiger partial charge in [0, 0.05) is 17.7 Å². The van der Waals surface area contributed by atoms with Crippen LogP contribution in [0.4, 0.5) is 5.82 Å². The van der Waals surface area contributed by atoms with Gasteiger partial charge in [0.25, 0.3) is 0 Å².